The highest BCUT2D eigenvalue weighted by Crippen LogP contribution is 2.21. The molecule has 0 saturated carbocycles. The first-order valence-corrected chi connectivity index (χ1v) is 10.0. The smallest absolute Gasteiger partial charge is 0.177 e. The van der Waals surface area contributed by atoms with Crippen LogP contribution in [0.4, 0.5) is 0 Å². The van der Waals surface area contributed by atoms with Crippen LogP contribution in [0.3, 0.4) is 0 Å². The Morgan fingerprint density at radius 1 is 1.00 bits per heavy atom. The van der Waals surface area contributed by atoms with E-state index in [1.165, 1.54) is 0 Å². The summed E-state index contributed by atoms with van der Waals surface area (Å²) < 4.78 is 8.82. The lowest BCUT2D eigenvalue weighted by Gasteiger charge is -2.06. The van der Waals surface area contributed by atoms with E-state index in [9.17, 15) is 0 Å². The van der Waals surface area contributed by atoms with Crippen LogP contribution < -0.4 is 4.74 Å². The molecule has 32 heavy (non-hydrogen) atoms. The lowest BCUT2D eigenvalue weighted by Crippen LogP contribution is -2.03. The van der Waals surface area contributed by atoms with Gasteiger partial charge < -0.3 is 9.84 Å². The van der Waals surface area contributed by atoms with Crippen LogP contribution in [0.5, 0.6) is 5.75 Å². The largest absolute Gasteiger partial charge is 0.488 e. The fourth-order valence-electron chi connectivity index (χ4n) is 3.36. The molecule has 10 heteroatoms. The quantitative estimate of drug-likeness (QED) is 0.418. The molecule has 0 fully saturated rings. The van der Waals surface area contributed by atoms with Gasteiger partial charge in [0.15, 0.2) is 23.0 Å². The minimum atomic E-state index is -0.0559. The second-order valence-electron chi connectivity index (χ2n) is 7.20. The van der Waals surface area contributed by atoms with Gasteiger partial charge >= 0.3 is 0 Å². The van der Waals surface area contributed by atoms with Crippen molar-refractivity contribution >= 4 is 5.65 Å². The number of hydrogen-bond donors (Lipinski definition) is 1. The topological polar surface area (TPSA) is 116 Å². The molecule has 0 amide bonds. The molecule has 0 radical (unpaired) electrons. The molecule has 0 bridgehead atoms. The normalized spacial score (nSPS) is 11.2. The zero-order valence-electron chi connectivity index (χ0n) is 17.3. The van der Waals surface area contributed by atoms with Crippen molar-refractivity contribution < 1.29 is 9.84 Å². The second kappa shape index (κ2) is 8.52. The Morgan fingerprint density at radius 2 is 1.88 bits per heavy atom. The molecular formula is C22H20N8O2. The number of fused-ring (bicyclic) bond motifs is 1. The molecule has 4 heterocycles. The van der Waals surface area contributed by atoms with Crippen molar-refractivity contribution in [3.05, 3.63) is 72.6 Å². The summed E-state index contributed by atoms with van der Waals surface area (Å²) in [5.41, 5.74) is 4.34. The maximum absolute atomic E-state index is 8.85. The third kappa shape index (κ3) is 4.03. The predicted molar refractivity (Wildman–Crippen MR) is 116 cm³/mol. The zero-order chi connectivity index (χ0) is 21.9. The van der Waals surface area contributed by atoms with Crippen molar-refractivity contribution in [2.24, 2.45) is 7.05 Å². The van der Waals surface area contributed by atoms with E-state index in [-0.39, 0.29) is 13.2 Å². The van der Waals surface area contributed by atoms with Crippen molar-refractivity contribution in [2.45, 2.75) is 6.42 Å². The average molecular weight is 428 g/mol. The SMILES string of the molecule is Cn1cc(-c2ccc3nnc(Cc4cccc(-c5ncc(OCCO)cn5)c4)n3n2)cn1. The average Bonchev–Trinajstić information content (AvgIpc) is 3.44. The number of ether oxygens (including phenoxy) is 1. The van der Waals surface area contributed by atoms with Gasteiger partial charge in [-0.05, 0) is 23.8 Å². The van der Waals surface area contributed by atoms with E-state index in [4.69, 9.17) is 14.9 Å². The summed E-state index contributed by atoms with van der Waals surface area (Å²) in [6, 6.07) is 11.8. The highest BCUT2D eigenvalue weighted by molar-refractivity contribution is 5.59. The number of benzene rings is 1. The standard InChI is InChI=1S/C22H20N8O2/c1-29-14-17(11-25-29)19-5-6-20-26-27-21(30(20)28-19)10-15-3-2-4-16(9-15)22-23-12-18(13-24-22)32-8-7-31/h2-6,9,11-14,31H,7-8,10H2,1H3. The summed E-state index contributed by atoms with van der Waals surface area (Å²) in [5.74, 6) is 1.84. The Balaban J connectivity index is 1.41. The first-order valence-electron chi connectivity index (χ1n) is 10.0. The molecule has 0 spiro atoms. The molecule has 0 atom stereocenters. The zero-order valence-corrected chi connectivity index (χ0v) is 17.3. The van der Waals surface area contributed by atoms with E-state index in [1.54, 1.807) is 27.8 Å². The van der Waals surface area contributed by atoms with Crippen molar-refractivity contribution in [1.29, 1.82) is 0 Å². The number of aliphatic hydroxyl groups excluding tert-OH is 1. The Morgan fingerprint density at radius 3 is 2.66 bits per heavy atom. The van der Waals surface area contributed by atoms with Gasteiger partial charge in [0.2, 0.25) is 0 Å². The molecular weight excluding hydrogens is 408 g/mol. The molecule has 10 nitrogen and oxygen atoms in total. The molecule has 0 unspecified atom stereocenters. The molecule has 0 saturated heterocycles. The number of aromatic nitrogens is 8. The van der Waals surface area contributed by atoms with E-state index >= 15 is 0 Å². The number of aliphatic hydroxyl groups is 1. The summed E-state index contributed by atoms with van der Waals surface area (Å²) in [7, 11) is 1.87. The highest BCUT2D eigenvalue weighted by atomic mass is 16.5. The van der Waals surface area contributed by atoms with E-state index in [1.807, 2.05) is 49.6 Å². The first-order chi connectivity index (χ1) is 15.7. The number of nitrogens with zero attached hydrogens (tertiary/aromatic N) is 8. The highest BCUT2D eigenvalue weighted by Gasteiger charge is 2.11. The Bertz CT molecular complexity index is 1360. The number of rotatable bonds is 7. The fraction of sp³-hybridized carbons (Fsp3) is 0.182. The molecule has 1 aromatic carbocycles. The van der Waals surface area contributed by atoms with Gasteiger partial charge in [0.1, 0.15) is 6.61 Å². The van der Waals surface area contributed by atoms with Gasteiger partial charge in [0.05, 0.1) is 30.9 Å². The summed E-state index contributed by atoms with van der Waals surface area (Å²) in [6.45, 7) is 0.154. The molecule has 4 aromatic heterocycles. The van der Waals surface area contributed by atoms with Gasteiger partial charge in [-0.25, -0.2) is 9.97 Å². The van der Waals surface area contributed by atoms with Crippen molar-refractivity contribution in [3.63, 3.8) is 0 Å². The molecule has 0 aliphatic heterocycles. The number of hydrogen-bond acceptors (Lipinski definition) is 8. The predicted octanol–water partition coefficient (Wildman–Crippen LogP) is 1.94. The van der Waals surface area contributed by atoms with Gasteiger partial charge in [-0.15, -0.1) is 10.2 Å². The van der Waals surface area contributed by atoms with Gasteiger partial charge in [0, 0.05) is 30.8 Å². The summed E-state index contributed by atoms with van der Waals surface area (Å²) in [6.07, 6.45) is 7.45. The lowest BCUT2D eigenvalue weighted by atomic mass is 10.1. The van der Waals surface area contributed by atoms with Crippen LogP contribution >= 0.6 is 0 Å². The fourth-order valence-corrected chi connectivity index (χ4v) is 3.36. The van der Waals surface area contributed by atoms with Gasteiger partial charge in [-0.2, -0.15) is 14.7 Å². The van der Waals surface area contributed by atoms with Gasteiger partial charge in [0.25, 0.3) is 0 Å². The monoisotopic (exact) mass is 428 g/mol. The maximum atomic E-state index is 8.85. The van der Waals surface area contributed by atoms with Crippen molar-refractivity contribution in [2.75, 3.05) is 13.2 Å². The summed E-state index contributed by atoms with van der Waals surface area (Å²) >= 11 is 0. The Hall–Kier alpha value is -4.18. The third-order valence-electron chi connectivity index (χ3n) is 4.86. The molecule has 160 valence electrons. The Kier molecular flexibility index (Phi) is 5.26. The van der Waals surface area contributed by atoms with Crippen LogP contribution in [0.15, 0.2) is 61.2 Å². The van der Waals surface area contributed by atoms with Gasteiger partial charge in [-0.1, -0.05) is 18.2 Å². The minimum Gasteiger partial charge on any atom is -0.488 e. The molecule has 0 aliphatic carbocycles. The van der Waals surface area contributed by atoms with Crippen LogP contribution in [0.25, 0.3) is 28.3 Å². The van der Waals surface area contributed by atoms with E-state index in [0.717, 1.165) is 28.2 Å². The van der Waals surface area contributed by atoms with Crippen LogP contribution in [0, 0.1) is 0 Å². The minimum absolute atomic E-state index is 0.0559. The van der Waals surface area contributed by atoms with Crippen LogP contribution in [0.2, 0.25) is 0 Å². The third-order valence-corrected chi connectivity index (χ3v) is 4.86. The van der Waals surface area contributed by atoms with Crippen LogP contribution in [0.1, 0.15) is 11.4 Å². The summed E-state index contributed by atoms with van der Waals surface area (Å²) in [5, 5.41) is 26.4. The maximum Gasteiger partial charge on any atom is 0.177 e. The Labute approximate surface area is 183 Å². The van der Waals surface area contributed by atoms with Gasteiger partial charge in [-0.3, -0.25) is 4.68 Å². The molecule has 5 rings (SSSR count). The molecule has 5 aromatic rings. The van der Waals surface area contributed by atoms with E-state index in [0.29, 0.717) is 23.6 Å². The second-order valence-corrected chi connectivity index (χ2v) is 7.20. The molecule has 0 aliphatic rings. The summed E-state index contributed by atoms with van der Waals surface area (Å²) in [4.78, 5) is 8.73. The lowest BCUT2D eigenvalue weighted by molar-refractivity contribution is 0.200. The van der Waals surface area contributed by atoms with Crippen LogP contribution in [-0.2, 0) is 13.5 Å². The van der Waals surface area contributed by atoms with E-state index in [2.05, 4.69) is 25.3 Å². The van der Waals surface area contributed by atoms with Crippen molar-refractivity contribution in [3.8, 4) is 28.4 Å². The molecule has 1 N–H and O–H groups in total. The van der Waals surface area contributed by atoms with Crippen LogP contribution in [-0.4, -0.2) is 57.9 Å². The van der Waals surface area contributed by atoms with E-state index < -0.39 is 0 Å². The first kappa shape index (κ1) is 19.8. The number of aryl methyl sites for hydroxylation is 1. The van der Waals surface area contributed by atoms with Crippen molar-refractivity contribution in [1.82, 2.24) is 39.6 Å².